The summed E-state index contributed by atoms with van der Waals surface area (Å²) in [5, 5.41) is 0. The predicted octanol–water partition coefficient (Wildman–Crippen LogP) is 2.79. The monoisotopic (exact) mass is 255 g/mol. The molecule has 76 valence electrons. The van der Waals surface area contributed by atoms with Gasteiger partial charge in [0.05, 0.1) is 6.61 Å². The first-order chi connectivity index (χ1) is 6.74. The molecule has 3 heteroatoms. The van der Waals surface area contributed by atoms with E-state index in [1.807, 2.05) is 19.1 Å². The van der Waals surface area contributed by atoms with E-state index in [1.165, 1.54) is 11.1 Å². The number of ether oxygens (including phenoxy) is 1. The molecule has 0 aromatic heterocycles. The Hall–Kier alpha value is -0.540. The number of benzene rings is 1. The average Bonchev–Trinajstić information content (AvgIpc) is 2.54. The molecule has 0 bridgehead atoms. The fraction of sp³-hybridized carbons (Fsp3) is 0.455. The van der Waals surface area contributed by atoms with Crippen molar-refractivity contribution in [3.63, 3.8) is 0 Å². The topological polar surface area (TPSA) is 35.2 Å². The third kappa shape index (κ3) is 1.55. The Kier molecular flexibility index (Phi) is 2.79. The zero-order valence-corrected chi connectivity index (χ0v) is 9.80. The molecule has 0 saturated carbocycles. The largest absolute Gasteiger partial charge is 0.494 e. The van der Waals surface area contributed by atoms with Crippen LogP contribution in [0.1, 0.15) is 30.5 Å². The maximum atomic E-state index is 6.03. The SMILES string of the molecule is CCOc1ccc(Br)c2c1CC[C@H]2N. The highest BCUT2D eigenvalue weighted by atomic mass is 79.9. The molecule has 1 aliphatic rings. The number of hydrogen-bond donors (Lipinski definition) is 1. The fourth-order valence-corrected chi connectivity index (χ4v) is 2.68. The van der Waals surface area contributed by atoms with Crippen LogP contribution in [-0.2, 0) is 6.42 Å². The summed E-state index contributed by atoms with van der Waals surface area (Å²) in [4.78, 5) is 0. The van der Waals surface area contributed by atoms with Crippen LogP contribution in [0.25, 0.3) is 0 Å². The van der Waals surface area contributed by atoms with Gasteiger partial charge in [-0.25, -0.2) is 0 Å². The minimum Gasteiger partial charge on any atom is -0.494 e. The first-order valence-corrected chi connectivity index (χ1v) is 5.73. The van der Waals surface area contributed by atoms with Crippen molar-refractivity contribution in [1.82, 2.24) is 0 Å². The molecule has 0 aliphatic heterocycles. The molecular formula is C11H14BrNO. The van der Waals surface area contributed by atoms with E-state index >= 15 is 0 Å². The molecule has 2 rings (SSSR count). The van der Waals surface area contributed by atoms with Crippen molar-refractivity contribution in [3.8, 4) is 5.75 Å². The van der Waals surface area contributed by atoms with Crippen LogP contribution >= 0.6 is 15.9 Å². The molecule has 2 nitrogen and oxygen atoms in total. The Balaban J connectivity index is 2.47. The number of rotatable bonds is 2. The van der Waals surface area contributed by atoms with Crippen molar-refractivity contribution in [3.05, 3.63) is 27.7 Å². The van der Waals surface area contributed by atoms with Gasteiger partial charge in [0, 0.05) is 16.1 Å². The van der Waals surface area contributed by atoms with Gasteiger partial charge < -0.3 is 10.5 Å². The summed E-state index contributed by atoms with van der Waals surface area (Å²) in [6.07, 6.45) is 2.06. The molecule has 0 fully saturated rings. The molecule has 0 saturated heterocycles. The Morgan fingerprint density at radius 3 is 3.07 bits per heavy atom. The van der Waals surface area contributed by atoms with Crippen LogP contribution < -0.4 is 10.5 Å². The molecule has 0 unspecified atom stereocenters. The van der Waals surface area contributed by atoms with E-state index in [0.717, 1.165) is 23.1 Å². The molecular weight excluding hydrogens is 242 g/mol. The Labute approximate surface area is 92.6 Å². The van der Waals surface area contributed by atoms with E-state index in [1.54, 1.807) is 0 Å². The average molecular weight is 256 g/mol. The highest BCUT2D eigenvalue weighted by Crippen LogP contribution is 2.40. The second-order valence-electron chi connectivity index (χ2n) is 3.52. The van der Waals surface area contributed by atoms with E-state index in [9.17, 15) is 0 Å². The smallest absolute Gasteiger partial charge is 0.122 e. The molecule has 0 heterocycles. The number of nitrogens with two attached hydrogens (primary N) is 1. The summed E-state index contributed by atoms with van der Waals surface area (Å²) < 4.78 is 6.69. The normalized spacial score (nSPS) is 19.5. The van der Waals surface area contributed by atoms with Gasteiger partial charge in [-0.2, -0.15) is 0 Å². The fourth-order valence-electron chi connectivity index (χ4n) is 2.01. The highest BCUT2D eigenvalue weighted by Gasteiger charge is 2.24. The van der Waals surface area contributed by atoms with Crippen molar-refractivity contribution in [2.24, 2.45) is 5.73 Å². The summed E-state index contributed by atoms with van der Waals surface area (Å²) in [5.74, 6) is 0.999. The van der Waals surface area contributed by atoms with Crippen LogP contribution in [0.15, 0.2) is 16.6 Å². The van der Waals surface area contributed by atoms with E-state index in [2.05, 4.69) is 15.9 Å². The molecule has 1 aromatic carbocycles. The van der Waals surface area contributed by atoms with Crippen LogP contribution in [-0.4, -0.2) is 6.61 Å². The third-order valence-electron chi connectivity index (χ3n) is 2.64. The van der Waals surface area contributed by atoms with Crippen LogP contribution in [0.3, 0.4) is 0 Å². The third-order valence-corrected chi connectivity index (χ3v) is 3.33. The molecule has 0 radical (unpaired) electrons. The summed E-state index contributed by atoms with van der Waals surface area (Å²) >= 11 is 3.54. The standard InChI is InChI=1S/C11H14BrNO/c1-2-14-10-6-4-8(12)11-7(10)3-5-9(11)13/h4,6,9H,2-3,5,13H2,1H3/t9-/m1/s1. The maximum Gasteiger partial charge on any atom is 0.122 e. The Morgan fingerprint density at radius 2 is 2.36 bits per heavy atom. The molecule has 14 heavy (non-hydrogen) atoms. The predicted molar refractivity (Wildman–Crippen MR) is 60.6 cm³/mol. The van der Waals surface area contributed by atoms with E-state index in [-0.39, 0.29) is 6.04 Å². The number of hydrogen-bond acceptors (Lipinski definition) is 2. The van der Waals surface area contributed by atoms with Gasteiger partial charge >= 0.3 is 0 Å². The van der Waals surface area contributed by atoms with Crippen molar-refractivity contribution < 1.29 is 4.74 Å². The zero-order chi connectivity index (χ0) is 10.1. The van der Waals surface area contributed by atoms with Crippen molar-refractivity contribution >= 4 is 15.9 Å². The lowest BCUT2D eigenvalue weighted by Gasteiger charge is -2.12. The minimum atomic E-state index is 0.166. The lowest BCUT2D eigenvalue weighted by atomic mass is 10.1. The summed E-state index contributed by atoms with van der Waals surface area (Å²) in [6, 6.07) is 4.21. The van der Waals surface area contributed by atoms with E-state index in [0.29, 0.717) is 6.61 Å². The lowest BCUT2D eigenvalue weighted by Crippen LogP contribution is -2.06. The lowest BCUT2D eigenvalue weighted by molar-refractivity contribution is 0.337. The highest BCUT2D eigenvalue weighted by molar-refractivity contribution is 9.10. The first kappa shape index (κ1) is 9.99. The number of fused-ring (bicyclic) bond motifs is 1. The quantitative estimate of drug-likeness (QED) is 0.883. The van der Waals surface area contributed by atoms with Gasteiger partial charge in [0.2, 0.25) is 0 Å². The van der Waals surface area contributed by atoms with Gasteiger partial charge in [-0.05, 0) is 37.5 Å². The Bertz CT molecular complexity index is 351. The zero-order valence-electron chi connectivity index (χ0n) is 8.22. The summed E-state index contributed by atoms with van der Waals surface area (Å²) in [6.45, 7) is 2.71. The molecule has 0 amide bonds. The van der Waals surface area contributed by atoms with Crippen molar-refractivity contribution in [1.29, 1.82) is 0 Å². The van der Waals surface area contributed by atoms with Gasteiger partial charge in [-0.1, -0.05) is 15.9 Å². The minimum absolute atomic E-state index is 0.166. The molecule has 0 spiro atoms. The van der Waals surface area contributed by atoms with Crippen LogP contribution in [0.4, 0.5) is 0 Å². The van der Waals surface area contributed by atoms with Gasteiger partial charge in [0.25, 0.3) is 0 Å². The van der Waals surface area contributed by atoms with Gasteiger partial charge in [0.1, 0.15) is 5.75 Å². The molecule has 2 N–H and O–H groups in total. The summed E-state index contributed by atoms with van der Waals surface area (Å²) in [5.41, 5.74) is 8.54. The number of halogens is 1. The molecule has 1 aromatic rings. The van der Waals surface area contributed by atoms with Crippen LogP contribution in [0, 0.1) is 0 Å². The van der Waals surface area contributed by atoms with Gasteiger partial charge in [0.15, 0.2) is 0 Å². The van der Waals surface area contributed by atoms with E-state index < -0.39 is 0 Å². The molecule has 1 atom stereocenters. The Morgan fingerprint density at radius 1 is 1.57 bits per heavy atom. The maximum absolute atomic E-state index is 6.03. The van der Waals surface area contributed by atoms with Crippen molar-refractivity contribution in [2.75, 3.05) is 6.61 Å². The van der Waals surface area contributed by atoms with E-state index in [4.69, 9.17) is 10.5 Å². The summed E-state index contributed by atoms with van der Waals surface area (Å²) in [7, 11) is 0. The van der Waals surface area contributed by atoms with Crippen LogP contribution in [0.5, 0.6) is 5.75 Å². The van der Waals surface area contributed by atoms with Gasteiger partial charge in [-0.15, -0.1) is 0 Å². The first-order valence-electron chi connectivity index (χ1n) is 4.93. The van der Waals surface area contributed by atoms with Gasteiger partial charge in [-0.3, -0.25) is 0 Å². The second kappa shape index (κ2) is 3.91. The molecule has 1 aliphatic carbocycles. The van der Waals surface area contributed by atoms with Crippen molar-refractivity contribution in [2.45, 2.75) is 25.8 Å². The van der Waals surface area contributed by atoms with Crippen LogP contribution in [0.2, 0.25) is 0 Å². The second-order valence-corrected chi connectivity index (χ2v) is 4.37.